The Bertz CT molecular complexity index is 270. The first-order valence-electron chi connectivity index (χ1n) is 3.58. The van der Waals surface area contributed by atoms with E-state index in [2.05, 4.69) is 10.3 Å². The number of hydrogen-bond donors (Lipinski definition) is 1. The molecule has 0 aliphatic carbocycles. The Hall–Kier alpha value is -1.11. The normalized spacial score (nSPS) is 12.0. The van der Waals surface area contributed by atoms with Gasteiger partial charge in [-0.2, -0.15) is 13.2 Å². The third-order valence-electron chi connectivity index (χ3n) is 1.30. The number of rotatable bonds is 3. The first kappa shape index (κ1) is 9.97. The largest absolute Gasteiger partial charge is 0.408 e. The van der Waals surface area contributed by atoms with Crippen LogP contribution >= 0.6 is 0 Å². The maximum absolute atomic E-state index is 11.8. The van der Waals surface area contributed by atoms with Crippen molar-refractivity contribution in [1.29, 1.82) is 0 Å². The van der Waals surface area contributed by atoms with Crippen LogP contribution < -0.4 is 0 Å². The van der Waals surface area contributed by atoms with Crippen molar-refractivity contribution in [2.45, 2.75) is 19.1 Å². The van der Waals surface area contributed by atoms with Gasteiger partial charge in [-0.1, -0.05) is 5.21 Å². The lowest BCUT2D eigenvalue weighted by Crippen LogP contribution is -2.18. The minimum atomic E-state index is -4.29. The quantitative estimate of drug-likeness (QED) is 0.758. The molecule has 74 valence electrons. The molecule has 7 heteroatoms. The molecule has 1 aromatic heterocycles. The van der Waals surface area contributed by atoms with E-state index < -0.39 is 12.7 Å². The van der Waals surface area contributed by atoms with Crippen molar-refractivity contribution in [2.75, 3.05) is 6.61 Å². The summed E-state index contributed by atoms with van der Waals surface area (Å²) in [6.07, 6.45) is -2.90. The number of alkyl halides is 3. The fourth-order valence-electron chi connectivity index (χ4n) is 0.829. The van der Waals surface area contributed by atoms with Crippen LogP contribution in [0.3, 0.4) is 0 Å². The van der Waals surface area contributed by atoms with Crippen LogP contribution in [0.1, 0.15) is 5.69 Å². The summed E-state index contributed by atoms with van der Waals surface area (Å²) in [5.41, 5.74) is 0.353. The van der Waals surface area contributed by atoms with Crippen LogP contribution in [0.15, 0.2) is 6.20 Å². The molecule has 0 bridgehead atoms. The lowest BCUT2D eigenvalue weighted by Gasteiger charge is -2.03. The molecule has 0 spiro atoms. The smallest absolute Gasteiger partial charge is 0.396 e. The molecule has 0 fully saturated rings. The monoisotopic (exact) mass is 195 g/mol. The Morgan fingerprint density at radius 3 is 2.69 bits per heavy atom. The number of aromatic nitrogens is 3. The van der Waals surface area contributed by atoms with E-state index in [4.69, 9.17) is 5.11 Å². The van der Waals surface area contributed by atoms with Gasteiger partial charge in [-0.3, -0.25) is 0 Å². The summed E-state index contributed by atoms with van der Waals surface area (Å²) in [6.45, 7) is -1.30. The highest BCUT2D eigenvalue weighted by molar-refractivity contribution is 4.92. The van der Waals surface area contributed by atoms with Crippen LogP contribution in [-0.4, -0.2) is 32.9 Å². The number of aliphatic hydroxyl groups excluding tert-OH is 1. The Morgan fingerprint density at radius 1 is 1.46 bits per heavy atom. The van der Waals surface area contributed by atoms with Crippen molar-refractivity contribution in [2.24, 2.45) is 0 Å². The van der Waals surface area contributed by atoms with Crippen LogP contribution in [0, 0.1) is 0 Å². The van der Waals surface area contributed by atoms with E-state index in [0.29, 0.717) is 10.4 Å². The molecule has 1 aromatic rings. The van der Waals surface area contributed by atoms with Crippen LogP contribution in [0.5, 0.6) is 0 Å². The third kappa shape index (κ3) is 3.41. The number of nitrogens with zero attached hydrogens (tertiary/aromatic N) is 3. The Morgan fingerprint density at radius 2 is 2.15 bits per heavy atom. The first-order valence-corrected chi connectivity index (χ1v) is 3.58. The van der Waals surface area contributed by atoms with Gasteiger partial charge in [0, 0.05) is 19.2 Å². The summed E-state index contributed by atoms with van der Waals surface area (Å²) in [4.78, 5) is 0. The average Bonchev–Trinajstić information content (AvgIpc) is 2.33. The standard InChI is InChI=1S/C6H8F3N3O/c7-6(8,9)4-12-3-5(1-2-13)10-11-12/h3,13H,1-2,4H2. The molecule has 1 N–H and O–H groups in total. The molecule has 4 nitrogen and oxygen atoms in total. The van der Waals surface area contributed by atoms with Gasteiger partial charge in [0.2, 0.25) is 0 Å². The van der Waals surface area contributed by atoms with E-state index in [1.165, 1.54) is 6.20 Å². The molecule has 0 amide bonds. The molecule has 0 saturated carbocycles. The van der Waals surface area contributed by atoms with Crippen molar-refractivity contribution < 1.29 is 18.3 Å². The number of aliphatic hydroxyl groups is 1. The van der Waals surface area contributed by atoms with Crippen molar-refractivity contribution in [3.63, 3.8) is 0 Å². The van der Waals surface area contributed by atoms with Gasteiger partial charge in [0.15, 0.2) is 0 Å². The Balaban J connectivity index is 2.59. The van der Waals surface area contributed by atoms with Gasteiger partial charge in [-0.05, 0) is 0 Å². The summed E-state index contributed by atoms with van der Waals surface area (Å²) in [7, 11) is 0. The molecular weight excluding hydrogens is 187 g/mol. The van der Waals surface area contributed by atoms with E-state index in [-0.39, 0.29) is 13.0 Å². The van der Waals surface area contributed by atoms with Crippen LogP contribution in [0.25, 0.3) is 0 Å². The molecule has 0 aromatic carbocycles. The maximum atomic E-state index is 11.8. The topological polar surface area (TPSA) is 50.9 Å². The molecule has 0 atom stereocenters. The summed E-state index contributed by atoms with van der Waals surface area (Å²) < 4.78 is 36.1. The SMILES string of the molecule is OCCc1cn(CC(F)(F)F)nn1. The third-order valence-corrected chi connectivity index (χ3v) is 1.30. The van der Waals surface area contributed by atoms with Crippen molar-refractivity contribution in [3.05, 3.63) is 11.9 Å². The van der Waals surface area contributed by atoms with Crippen molar-refractivity contribution in [3.8, 4) is 0 Å². The average molecular weight is 195 g/mol. The zero-order valence-corrected chi connectivity index (χ0v) is 6.62. The van der Waals surface area contributed by atoms with E-state index in [0.717, 1.165) is 0 Å². The molecular formula is C6H8F3N3O. The van der Waals surface area contributed by atoms with Crippen LogP contribution in [0.2, 0.25) is 0 Å². The summed E-state index contributed by atoms with van der Waals surface area (Å²) in [6, 6.07) is 0. The minimum Gasteiger partial charge on any atom is -0.396 e. The fraction of sp³-hybridized carbons (Fsp3) is 0.667. The highest BCUT2D eigenvalue weighted by Gasteiger charge is 2.28. The second-order valence-corrected chi connectivity index (χ2v) is 2.50. The predicted molar refractivity (Wildman–Crippen MR) is 36.9 cm³/mol. The molecule has 13 heavy (non-hydrogen) atoms. The highest BCUT2D eigenvalue weighted by Crippen LogP contribution is 2.16. The number of hydrogen-bond acceptors (Lipinski definition) is 3. The second-order valence-electron chi connectivity index (χ2n) is 2.50. The zero-order chi connectivity index (χ0) is 9.90. The Kier molecular flexibility index (Phi) is 2.86. The summed E-state index contributed by atoms with van der Waals surface area (Å²) in [5, 5.41) is 15.2. The van der Waals surface area contributed by atoms with E-state index in [1.807, 2.05) is 0 Å². The van der Waals surface area contributed by atoms with Gasteiger partial charge in [0.25, 0.3) is 0 Å². The molecule has 0 aliphatic rings. The van der Waals surface area contributed by atoms with Gasteiger partial charge in [-0.25, -0.2) is 4.68 Å². The van der Waals surface area contributed by atoms with Crippen molar-refractivity contribution in [1.82, 2.24) is 15.0 Å². The molecule has 0 radical (unpaired) electrons. The molecule has 1 rings (SSSR count). The number of halogens is 3. The summed E-state index contributed by atoms with van der Waals surface area (Å²) >= 11 is 0. The van der Waals surface area contributed by atoms with Gasteiger partial charge >= 0.3 is 6.18 Å². The molecule has 0 aliphatic heterocycles. The molecule has 0 saturated heterocycles. The minimum absolute atomic E-state index is 0.148. The van der Waals surface area contributed by atoms with Gasteiger partial charge in [0.05, 0.1) is 5.69 Å². The zero-order valence-electron chi connectivity index (χ0n) is 6.62. The van der Waals surface area contributed by atoms with Gasteiger partial charge in [-0.15, -0.1) is 5.10 Å². The molecule has 1 heterocycles. The van der Waals surface area contributed by atoms with E-state index in [1.54, 1.807) is 0 Å². The highest BCUT2D eigenvalue weighted by atomic mass is 19.4. The van der Waals surface area contributed by atoms with Crippen LogP contribution in [0.4, 0.5) is 13.2 Å². The predicted octanol–water partition coefficient (Wildman–Crippen LogP) is 0.375. The first-order chi connectivity index (χ1) is 6.01. The molecule has 0 unspecified atom stereocenters. The maximum Gasteiger partial charge on any atom is 0.408 e. The lowest BCUT2D eigenvalue weighted by molar-refractivity contribution is -0.142. The van der Waals surface area contributed by atoms with Gasteiger partial charge in [0.1, 0.15) is 6.54 Å². The lowest BCUT2D eigenvalue weighted by atomic mass is 10.3. The Labute approximate surface area is 72.0 Å². The second kappa shape index (κ2) is 3.73. The van der Waals surface area contributed by atoms with Gasteiger partial charge < -0.3 is 5.11 Å². The summed E-state index contributed by atoms with van der Waals surface area (Å²) in [5.74, 6) is 0. The van der Waals surface area contributed by atoms with E-state index in [9.17, 15) is 13.2 Å². The van der Waals surface area contributed by atoms with Crippen LogP contribution in [-0.2, 0) is 13.0 Å². The van der Waals surface area contributed by atoms with E-state index >= 15 is 0 Å². The van der Waals surface area contributed by atoms with Crippen molar-refractivity contribution >= 4 is 0 Å². The fourth-order valence-corrected chi connectivity index (χ4v) is 0.829.